The van der Waals surface area contributed by atoms with Gasteiger partial charge in [-0.15, -0.1) is 0 Å². The number of sulfonamides is 1. The Morgan fingerprint density at radius 1 is 1.35 bits per heavy atom. The van der Waals surface area contributed by atoms with E-state index in [-0.39, 0.29) is 18.0 Å². The first kappa shape index (κ1) is 15.7. The maximum atomic E-state index is 11.8. The van der Waals surface area contributed by atoms with Crippen molar-refractivity contribution in [3.63, 3.8) is 0 Å². The Kier molecular flexibility index (Phi) is 4.88. The van der Waals surface area contributed by atoms with Gasteiger partial charge in [0, 0.05) is 6.54 Å². The van der Waals surface area contributed by atoms with E-state index in [1.54, 1.807) is 0 Å². The van der Waals surface area contributed by atoms with Gasteiger partial charge in [0.25, 0.3) is 0 Å². The molecular formula is C10H12N2O7S. The molecule has 0 saturated carbocycles. The van der Waals surface area contributed by atoms with Gasteiger partial charge in [0.15, 0.2) is 0 Å². The molecule has 0 aliphatic heterocycles. The van der Waals surface area contributed by atoms with Crippen molar-refractivity contribution in [2.24, 2.45) is 5.73 Å². The molecule has 0 unspecified atom stereocenters. The first-order chi connectivity index (χ1) is 9.24. The molecule has 0 aliphatic carbocycles. The third-order valence-electron chi connectivity index (χ3n) is 2.15. The van der Waals surface area contributed by atoms with Gasteiger partial charge in [0.2, 0.25) is 10.0 Å². The Hall–Kier alpha value is -2.33. The summed E-state index contributed by atoms with van der Waals surface area (Å²) >= 11 is 0. The first-order valence-corrected chi connectivity index (χ1v) is 6.70. The number of rotatable bonds is 6. The van der Waals surface area contributed by atoms with Crippen molar-refractivity contribution >= 4 is 22.1 Å². The Bertz CT molecular complexity index is 626. The number of hydrogen-bond donors (Lipinski definition) is 4. The minimum absolute atomic E-state index is 0.228. The van der Waals surface area contributed by atoms with Crippen molar-refractivity contribution in [3.05, 3.63) is 23.8 Å². The Labute approximate surface area is 114 Å². The van der Waals surface area contributed by atoms with E-state index in [0.717, 1.165) is 18.2 Å². The Balaban J connectivity index is 2.85. The summed E-state index contributed by atoms with van der Waals surface area (Å²) in [6.07, 6.45) is -1.04. The largest absolute Gasteiger partial charge is 0.507 e. The van der Waals surface area contributed by atoms with Crippen LogP contribution >= 0.6 is 0 Å². The van der Waals surface area contributed by atoms with Crippen LogP contribution in [0.4, 0.5) is 4.79 Å². The number of amides is 1. The summed E-state index contributed by atoms with van der Waals surface area (Å²) in [6, 6.07) is 2.81. The number of carbonyl (C=O) groups excluding carboxylic acids is 1. The summed E-state index contributed by atoms with van der Waals surface area (Å²) in [7, 11) is -3.99. The predicted octanol–water partition coefficient (Wildman–Crippen LogP) is -0.536. The van der Waals surface area contributed by atoms with Crippen molar-refractivity contribution in [1.82, 2.24) is 4.72 Å². The van der Waals surface area contributed by atoms with Gasteiger partial charge in [-0.05, 0) is 18.2 Å². The van der Waals surface area contributed by atoms with Crippen molar-refractivity contribution in [3.8, 4) is 5.75 Å². The van der Waals surface area contributed by atoms with Gasteiger partial charge in [0.1, 0.15) is 17.9 Å². The number of nitrogens with two attached hydrogens (primary N) is 1. The van der Waals surface area contributed by atoms with Crippen LogP contribution in [0.3, 0.4) is 0 Å². The minimum atomic E-state index is -3.99. The lowest BCUT2D eigenvalue weighted by Gasteiger charge is -2.08. The lowest BCUT2D eigenvalue weighted by atomic mass is 10.2. The highest BCUT2D eigenvalue weighted by Gasteiger charge is 2.18. The molecule has 0 fully saturated rings. The molecule has 0 heterocycles. The summed E-state index contributed by atoms with van der Waals surface area (Å²) in [5, 5.41) is 18.1. The number of carboxylic acid groups (broad SMARTS) is 1. The van der Waals surface area contributed by atoms with E-state index in [0.29, 0.717) is 0 Å². The van der Waals surface area contributed by atoms with Crippen molar-refractivity contribution < 1.29 is 33.0 Å². The number of ether oxygens (including phenoxy) is 1. The molecule has 1 aromatic rings. The lowest BCUT2D eigenvalue weighted by Crippen LogP contribution is -2.29. The smallest absolute Gasteiger partial charge is 0.404 e. The van der Waals surface area contributed by atoms with Crippen molar-refractivity contribution in [1.29, 1.82) is 0 Å². The maximum absolute atomic E-state index is 11.8. The molecule has 0 saturated heterocycles. The van der Waals surface area contributed by atoms with E-state index in [9.17, 15) is 23.1 Å². The van der Waals surface area contributed by atoms with E-state index in [4.69, 9.17) is 10.8 Å². The summed E-state index contributed by atoms with van der Waals surface area (Å²) in [5.74, 6) is -2.01. The average molecular weight is 304 g/mol. The topological polar surface area (TPSA) is 156 Å². The number of carboxylic acids is 1. The molecule has 10 heteroatoms. The van der Waals surface area contributed by atoms with Gasteiger partial charge < -0.3 is 20.7 Å². The highest BCUT2D eigenvalue weighted by Crippen LogP contribution is 2.21. The molecule has 0 aromatic heterocycles. The first-order valence-electron chi connectivity index (χ1n) is 5.22. The summed E-state index contributed by atoms with van der Waals surface area (Å²) in [5.41, 5.74) is 4.15. The highest BCUT2D eigenvalue weighted by molar-refractivity contribution is 7.89. The van der Waals surface area contributed by atoms with E-state index in [2.05, 4.69) is 9.46 Å². The molecule has 1 rings (SSSR count). The lowest BCUT2D eigenvalue weighted by molar-refractivity contribution is 0.0693. The third-order valence-corrected chi connectivity index (χ3v) is 3.61. The Morgan fingerprint density at radius 2 is 2.00 bits per heavy atom. The van der Waals surface area contributed by atoms with Gasteiger partial charge in [-0.1, -0.05) is 0 Å². The number of benzene rings is 1. The zero-order valence-corrected chi connectivity index (χ0v) is 10.9. The van der Waals surface area contributed by atoms with E-state index in [1.807, 2.05) is 0 Å². The number of aromatic carboxylic acids is 1. The van der Waals surface area contributed by atoms with Crippen LogP contribution in [0.25, 0.3) is 0 Å². The molecule has 0 aliphatic rings. The number of carbonyl (C=O) groups is 2. The van der Waals surface area contributed by atoms with Gasteiger partial charge >= 0.3 is 12.1 Å². The normalized spacial score (nSPS) is 11.0. The highest BCUT2D eigenvalue weighted by atomic mass is 32.2. The van der Waals surface area contributed by atoms with E-state index < -0.39 is 33.4 Å². The molecule has 1 aromatic carbocycles. The number of hydrogen-bond acceptors (Lipinski definition) is 6. The zero-order valence-electron chi connectivity index (χ0n) is 10.1. The second-order valence-corrected chi connectivity index (χ2v) is 5.32. The van der Waals surface area contributed by atoms with Crippen LogP contribution in [0.15, 0.2) is 23.1 Å². The second-order valence-electron chi connectivity index (χ2n) is 3.55. The van der Waals surface area contributed by atoms with Crippen LogP contribution in [0.1, 0.15) is 10.4 Å². The van der Waals surface area contributed by atoms with Gasteiger partial charge in [-0.2, -0.15) is 0 Å². The monoisotopic (exact) mass is 304 g/mol. The maximum Gasteiger partial charge on any atom is 0.404 e. The molecule has 20 heavy (non-hydrogen) atoms. The van der Waals surface area contributed by atoms with Gasteiger partial charge in [0.05, 0.1) is 4.90 Å². The number of aromatic hydroxyl groups is 1. The molecule has 0 spiro atoms. The second kappa shape index (κ2) is 6.21. The predicted molar refractivity (Wildman–Crippen MR) is 65.8 cm³/mol. The number of primary amides is 1. The number of phenols is 1. The standard InChI is InChI=1S/C10H12N2O7S/c11-10(16)19-4-3-12-20(17,18)6-1-2-8(13)7(5-6)9(14)15/h1-2,5,12-13H,3-4H2,(H2,11,16)(H,14,15). The zero-order chi connectivity index (χ0) is 15.3. The third kappa shape index (κ3) is 4.10. The molecule has 1 amide bonds. The van der Waals surface area contributed by atoms with E-state index in [1.165, 1.54) is 0 Å². The summed E-state index contributed by atoms with van der Waals surface area (Å²) in [6.45, 7) is -0.493. The minimum Gasteiger partial charge on any atom is -0.507 e. The van der Waals surface area contributed by atoms with Crippen LogP contribution in [-0.2, 0) is 14.8 Å². The van der Waals surface area contributed by atoms with Crippen LogP contribution < -0.4 is 10.5 Å². The SMILES string of the molecule is NC(=O)OCCNS(=O)(=O)c1ccc(O)c(C(=O)O)c1. The van der Waals surface area contributed by atoms with Crippen molar-refractivity contribution in [2.45, 2.75) is 4.90 Å². The van der Waals surface area contributed by atoms with Crippen LogP contribution in [0.2, 0.25) is 0 Å². The fourth-order valence-electron chi connectivity index (χ4n) is 1.26. The molecule has 0 atom stereocenters. The fourth-order valence-corrected chi connectivity index (χ4v) is 2.30. The summed E-state index contributed by atoms with van der Waals surface area (Å²) in [4.78, 5) is 20.7. The molecule has 0 radical (unpaired) electrons. The van der Waals surface area contributed by atoms with Crippen LogP contribution in [-0.4, -0.2) is 43.8 Å². The van der Waals surface area contributed by atoms with Gasteiger partial charge in [-0.25, -0.2) is 22.7 Å². The summed E-state index contributed by atoms with van der Waals surface area (Å²) < 4.78 is 30.0. The van der Waals surface area contributed by atoms with Crippen LogP contribution in [0, 0.1) is 0 Å². The Morgan fingerprint density at radius 3 is 2.55 bits per heavy atom. The molecular weight excluding hydrogens is 292 g/mol. The van der Waals surface area contributed by atoms with E-state index >= 15 is 0 Å². The average Bonchev–Trinajstić information content (AvgIpc) is 2.34. The quantitative estimate of drug-likeness (QED) is 0.514. The molecule has 0 bridgehead atoms. The fraction of sp³-hybridized carbons (Fsp3) is 0.200. The molecule has 5 N–H and O–H groups in total. The van der Waals surface area contributed by atoms with Crippen LogP contribution in [0.5, 0.6) is 5.75 Å². The van der Waals surface area contributed by atoms with Crippen molar-refractivity contribution in [2.75, 3.05) is 13.2 Å². The number of nitrogens with one attached hydrogen (secondary N) is 1. The van der Waals surface area contributed by atoms with Gasteiger partial charge in [-0.3, -0.25) is 0 Å². The molecule has 9 nitrogen and oxygen atoms in total. The molecule has 110 valence electrons.